The lowest BCUT2D eigenvalue weighted by atomic mass is 10.3. The zero-order valence-electron chi connectivity index (χ0n) is 5.20. The summed E-state index contributed by atoms with van der Waals surface area (Å²) in [6.07, 6.45) is 0. The fraction of sp³-hybridized carbons (Fsp3) is 1.00. The Morgan fingerprint density at radius 1 is 1.33 bits per heavy atom. The van der Waals surface area contributed by atoms with Gasteiger partial charge in [-0.15, -0.1) is 0 Å². The minimum atomic E-state index is -0.181. The predicted molar refractivity (Wildman–Crippen MR) is 30.0 cm³/mol. The summed E-state index contributed by atoms with van der Waals surface area (Å²) >= 11 is 0. The largest absolute Gasteiger partial charge is 0.313 e. The number of likely N-dealkylation sites (N-methyl/N-ethyl adjacent to an activating group) is 1. The van der Waals surface area contributed by atoms with Crippen LogP contribution in [0.25, 0.3) is 0 Å². The van der Waals surface area contributed by atoms with Crippen LogP contribution in [0.15, 0.2) is 0 Å². The van der Waals surface area contributed by atoms with Crippen molar-refractivity contribution in [1.29, 1.82) is 0 Å². The first-order chi connectivity index (χ1) is 4.35. The van der Waals surface area contributed by atoms with Crippen LogP contribution in [0.4, 0.5) is 0 Å². The van der Waals surface area contributed by atoms with Gasteiger partial charge in [-0.2, -0.15) is 0 Å². The van der Waals surface area contributed by atoms with Crippen molar-refractivity contribution >= 4 is 0 Å². The van der Waals surface area contributed by atoms with Crippen molar-refractivity contribution in [2.24, 2.45) is 0 Å². The standard InChI is InChI=1S/C4H11NO4/c1-5-4(2-8-6)3-9-7/h4-7H,2-3H2,1H3. The Kier molecular flexibility index (Phi) is 5.80. The number of nitrogens with one attached hydrogen (secondary N) is 1. The molecule has 0 aliphatic rings. The van der Waals surface area contributed by atoms with Crippen molar-refractivity contribution in [2.75, 3.05) is 20.3 Å². The molecule has 0 rings (SSSR count). The molecule has 56 valence electrons. The van der Waals surface area contributed by atoms with Crippen molar-refractivity contribution in [2.45, 2.75) is 6.04 Å². The molecule has 0 aliphatic heterocycles. The van der Waals surface area contributed by atoms with Gasteiger partial charge in [-0.3, -0.25) is 10.5 Å². The van der Waals surface area contributed by atoms with E-state index in [1.54, 1.807) is 7.05 Å². The van der Waals surface area contributed by atoms with Crippen LogP contribution in [0.3, 0.4) is 0 Å². The highest BCUT2D eigenvalue weighted by molar-refractivity contribution is 4.59. The molecule has 0 spiro atoms. The third-order valence-electron chi connectivity index (χ3n) is 0.960. The van der Waals surface area contributed by atoms with E-state index in [1.807, 2.05) is 0 Å². The van der Waals surface area contributed by atoms with E-state index < -0.39 is 0 Å². The molecule has 0 amide bonds. The Hall–Kier alpha value is -0.200. The lowest BCUT2D eigenvalue weighted by molar-refractivity contribution is -0.273. The van der Waals surface area contributed by atoms with Gasteiger partial charge in [0.2, 0.25) is 0 Å². The van der Waals surface area contributed by atoms with E-state index >= 15 is 0 Å². The fourth-order valence-electron chi connectivity index (χ4n) is 0.395. The molecular formula is C4H11NO4. The Bertz CT molecular complexity index is 54.5. The number of hydrogen-bond donors (Lipinski definition) is 3. The zero-order valence-corrected chi connectivity index (χ0v) is 5.20. The van der Waals surface area contributed by atoms with Crippen molar-refractivity contribution in [3.8, 4) is 0 Å². The van der Waals surface area contributed by atoms with Crippen LogP contribution in [0.1, 0.15) is 0 Å². The van der Waals surface area contributed by atoms with Gasteiger partial charge in [0.05, 0.1) is 19.3 Å². The molecule has 0 aromatic carbocycles. The second-order valence-corrected chi connectivity index (χ2v) is 1.58. The summed E-state index contributed by atoms with van der Waals surface area (Å²) in [5, 5.41) is 18.6. The third kappa shape index (κ3) is 4.31. The maximum absolute atomic E-state index is 7.92. The molecule has 0 saturated carbocycles. The van der Waals surface area contributed by atoms with Crippen molar-refractivity contribution in [3.63, 3.8) is 0 Å². The lowest BCUT2D eigenvalue weighted by Crippen LogP contribution is -2.34. The molecule has 0 aromatic heterocycles. The van der Waals surface area contributed by atoms with Gasteiger partial charge >= 0.3 is 0 Å². The summed E-state index contributed by atoms with van der Waals surface area (Å²) in [5.41, 5.74) is 0. The van der Waals surface area contributed by atoms with E-state index in [1.165, 1.54) is 0 Å². The maximum atomic E-state index is 7.92. The molecule has 0 saturated heterocycles. The highest BCUT2D eigenvalue weighted by atomic mass is 17.1. The van der Waals surface area contributed by atoms with Gasteiger partial charge in [0.15, 0.2) is 0 Å². The summed E-state index contributed by atoms with van der Waals surface area (Å²) in [4.78, 5) is 7.59. The fourth-order valence-corrected chi connectivity index (χ4v) is 0.395. The molecule has 5 nitrogen and oxygen atoms in total. The first kappa shape index (κ1) is 8.80. The van der Waals surface area contributed by atoms with Crippen LogP contribution in [0.5, 0.6) is 0 Å². The second kappa shape index (κ2) is 5.93. The third-order valence-corrected chi connectivity index (χ3v) is 0.960. The molecule has 0 radical (unpaired) electrons. The number of rotatable bonds is 5. The molecule has 0 aliphatic carbocycles. The van der Waals surface area contributed by atoms with E-state index in [9.17, 15) is 0 Å². The van der Waals surface area contributed by atoms with Crippen molar-refractivity contribution < 1.29 is 20.3 Å². The van der Waals surface area contributed by atoms with Crippen molar-refractivity contribution in [1.82, 2.24) is 5.32 Å². The van der Waals surface area contributed by atoms with Crippen LogP contribution in [0.2, 0.25) is 0 Å². The maximum Gasteiger partial charge on any atom is 0.0996 e. The summed E-state index contributed by atoms with van der Waals surface area (Å²) in [6, 6.07) is -0.181. The monoisotopic (exact) mass is 137 g/mol. The summed E-state index contributed by atoms with van der Waals surface area (Å²) < 4.78 is 0. The van der Waals surface area contributed by atoms with E-state index in [2.05, 4.69) is 15.1 Å². The van der Waals surface area contributed by atoms with E-state index in [4.69, 9.17) is 10.5 Å². The molecule has 0 heterocycles. The van der Waals surface area contributed by atoms with E-state index in [-0.39, 0.29) is 19.3 Å². The Morgan fingerprint density at radius 2 is 1.78 bits per heavy atom. The lowest BCUT2D eigenvalue weighted by Gasteiger charge is -2.10. The predicted octanol–water partition coefficient (Wildman–Crippen LogP) is -0.446. The summed E-state index contributed by atoms with van der Waals surface area (Å²) in [6.45, 7) is 0.189. The Morgan fingerprint density at radius 3 is 2.00 bits per heavy atom. The minimum absolute atomic E-state index is 0.0943. The molecule has 0 unspecified atom stereocenters. The van der Waals surface area contributed by atoms with Gasteiger partial charge < -0.3 is 5.32 Å². The Balaban J connectivity index is 3.18. The summed E-state index contributed by atoms with van der Waals surface area (Å²) in [7, 11) is 1.67. The smallest absolute Gasteiger partial charge is 0.0996 e. The van der Waals surface area contributed by atoms with Gasteiger partial charge in [0.25, 0.3) is 0 Å². The van der Waals surface area contributed by atoms with Crippen LogP contribution in [-0.2, 0) is 9.78 Å². The molecule has 0 bridgehead atoms. The molecule has 3 N–H and O–H groups in total. The molecular weight excluding hydrogens is 126 g/mol. The topological polar surface area (TPSA) is 71.0 Å². The van der Waals surface area contributed by atoms with Gasteiger partial charge in [0.1, 0.15) is 0 Å². The van der Waals surface area contributed by atoms with E-state index in [0.717, 1.165) is 0 Å². The zero-order chi connectivity index (χ0) is 7.11. The molecule has 0 aromatic rings. The van der Waals surface area contributed by atoms with Gasteiger partial charge in [-0.25, -0.2) is 9.78 Å². The van der Waals surface area contributed by atoms with Crippen LogP contribution in [-0.4, -0.2) is 36.8 Å². The first-order valence-corrected chi connectivity index (χ1v) is 2.55. The minimum Gasteiger partial charge on any atom is -0.313 e. The second-order valence-electron chi connectivity index (χ2n) is 1.58. The van der Waals surface area contributed by atoms with Crippen LogP contribution >= 0.6 is 0 Å². The molecule has 5 heteroatoms. The number of hydrogen-bond acceptors (Lipinski definition) is 5. The van der Waals surface area contributed by atoms with Crippen LogP contribution in [0, 0.1) is 0 Å². The highest BCUT2D eigenvalue weighted by Crippen LogP contribution is 1.82. The SMILES string of the molecule is CNC(COO)COO. The highest BCUT2D eigenvalue weighted by Gasteiger charge is 2.04. The average Bonchev–Trinajstić information content (AvgIpc) is 1.88. The summed E-state index contributed by atoms with van der Waals surface area (Å²) in [5.74, 6) is 0. The molecule has 0 fully saturated rings. The Labute approximate surface area is 53.1 Å². The van der Waals surface area contributed by atoms with Crippen LogP contribution < -0.4 is 5.32 Å². The molecule has 0 atom stereocenters. The quantitative estimate of drug-likeness (QED) is 0.354. The molecule has 9 heavy (non-hydrogen) atoms. The van der Waals surface area contributed by atoms with E-state index in [0.29, 0.717) is 0 Å². The van der Waals surface area contributed by atoms with Gasteiger partial charge in [-0.1, -0.05) is 0 Å². The average molecular weight is 137 g/mol. The van der Waals surface area contributed by atoms with Gasteiger partial charge in [0, 0.05) is 0 Å². The first-order valence-electron chi connectivity index (χ1n) is 2.55. The normalized spacial score (nSPS) is 10.7. The van der Waals surface area contributed by atoms with Crippen molar-refractivity contribution in [3.05, 3.63) is 0 Å². The van der Waals surface area contributed by atoms with Gasteiger partial charge in [-0.05, 0) is 7.05 Å².